The molecule has 0 bridgehead atoms. The maximum Gasteiger partial charge on any atom is 0.316 e. The van der Waals surface area contributed by atoms with Gasteiger partial charge in [0.2, 0.25) is 0 Å². The highest BCUT2D eigenvalue weighted by molar-refractivity contribution is 7.81. The molecule has 0 aliphatic carbocycles. The zero-order chi connectivity index (χ0) is 23.7. The van der Waals surface area contributed by atoms with Gasteiger partial charge in [0, 0.05) is 76.2 Å². The van der Waals surface area contributed by atoms with Crippen LogP contribution in [0.3, 0.4) is 0 Å². The highest BCUT2D eigenvalue weighted by Gasteiger charge is 2.24. The summed E-state index contributed by atoms with van der Waals surface area (Å²) in [7, 11) is 0.594. The normalized spacial score (nSPS) is 19.0. The second-order valence-corrected chi connectivity index (χ2v) is 9.91. The maximum atomic E-state index is 11.7. The van der Waals surface area contributed by atoms with Crippen LogP contribution >= 0.6 is 11.6 Å². The van der Waals surface area contributed by atoms with E-state index in [9.17, 15) is 4.21 Å². The topological polar surface area (TPSA) is 101 Å². The van der Waals surface area contributed by atoms with E-state index in [1.54, 1.807) is 18.6 Å². The molecule has 0 saturated carbocycles. The van der Waals surface area contributed by atoms with E-state index >= 15 is 0 Å². The van der Waals surface area contributed by atoms with Crippen LogP contribution in [-0.4, -0.2) is 104 Å². The van der Waals surface area contributed by atoms with Gasteiger partial charge in [-0.25, -0.2) is 28.5 Å². The van der Waals surface area contributed by atoms with Crippen LogP contribution in [0.5, 0.6) is 6.01 Å². The summed E-state index contributed by atoms with van der Waals surface area (Å²) >= 11 is 6.85. The number of halogens is 1. The second kappa shape index (κ2) is 10.1. The van der Waals surface area contributed by atoms with Crippen molar-refractivity contribution in [3.63, 3.8) is 0 Å². The number of nitrogens with zero attached hydrogens (tertiary/aromatic N) is 8. The van der Waals surface area contributed by atoms with Crippen LogP contribution in [0, 0.1) is 0 Å². The molecule has 11 nitrogen and oxygen atoms in total. The Kier molecular flexibility index (Phi) is 6.93. The van der Waals surface area contributed by atoms with Crippen molar-refractivity contribution in [1.29, 1.82) is 0 Å². The maximum absolute atomic E-state index is 11.7. The molecule has 0 aromatic carbocycles. The second-order valence-electron chi connectivity index (χ2n) is 8.19. The van der Waals surface area contributed by atoms with E-state index in [-0.39, 0.29) is 6.01 Å². The molecule has 1 atom stereocenters. The van der Waals surface area contributed by atoms with Gasteiger partial charge in [-0.2, -0.15) is 0 Å². The molecule has 2 aliphatic heterocycles. The first-order valence-corrected chi connectivity index (χ1v) is 13.0. The number of piperazine rings is 1. The summed E-state index contributed by atoms with van der Waals surface area (Å²) < 4.78 is 26.2. The van der Waals surface area contributed by atoms with Gasteiger partial charge < -0.3 is 14.4 Å². The van der Waals surface area contributed by atoms with Crippen LogP contribution in [0.25, 0.3) is 16.9 Å². The lowest BCUT2D eigenvalue weighted by atomic mass is 10.2. The molecule has 13 heteroatoms. The number of fused-ring (bicyclic) bond motifs is 1. The molecule has 0 spiro atoms. The summed E-state index contributed by atoms with van der Waals surface area (Å²) in [4.78, 5) is 22.8. The smallest absolute Gasteiger partial charge is 0.316 e. The average Bonchev–Trinajstić information content (AvgIpc) is 3.29. The Bertz CT molecular complexity index is 1180. The van der Waals surface area contributed by atoms with Gasteiger partial charge in [-0.05, 0) is 0 Å². The molecular weight excluding hydrogens is 480 g/mol. The van der Waals surface area contributed by atoms with Gasteiger partial charge in [-0.3, -0.25) is 9.30 Å². The first-order valence-electron chi connectivity index (χ1n) is 11.1. The van der Waals surface area contributed by atoms with Crippen LogP contribution in [0.2, 0.25) is 5.15 Å². The predicted molar refractivity (Wildman–Crippen MR) is 130 cm³/mol. The first kappa shape index (κ1) is 23.4. The molecule has 34 heavy (non-hydrogen) atoms. The quantitative estimate of drug-likeness (QED) is 0.486. The number of morpholine rings is 1. The third kappa shape index (κ3) is 4.73. The van der Waals surface area contributed by atoms with Crippen molar-refractivity contribution in [1.82, 2.24) is 33.5 Å². The van der Waals surface area contributed by atoms with Gasteiger partial charge in [-0.1, -0.05) is 11.6 Å². The number of methoxy groups -OCH3 is 1. The van der Waals surface area contributed by atoms with E-state index in [4.69, 9.17) is 31.0 Å². The minimum Gasteiger partial charge on any atom is -0.467 e. The third-order valence-electron chi connectivity index (χ3n) is 6.06. The van der Waals surface area contributed by atoms with E-state index in [0.29, 0.717) is 41.8 Å². The fraction of sp³-hybridized carbons (Fsp3) is 0.524. The Morgan fingerprint density at radius 1 is 1.09 bits per heavy atom. The molecule has 0 N–H and O–H groups in total. The van der Waals surface area contributed by atoms with Crippen molar-refractivity contribution in [3.05, 3.63) is 29.4 Å². The molecule has 3 aromatic heterocycles. The highest BCUT2D eigenvalue weighted by Crippen LogP contribution is 2.32. The molecule has 2 aliphatic rings. The SMILES string of the molecule is COc1ncc(-c2nc(N3CCOCC3)c3nc(CN4CCN(S(C)=O)CC4)cn3c2Cl)cn1. The zero-order valence-electron chi connectivity index (χ0n) is 19.2. The highest BCUT2D eigenvalue weighted by atomic mass is 35.5. The summed E-state index contributed by atoms with van der Waals surface area (Å²) in [5.41, 5.74) is 2.91. The minimum absolute atomic E-state index is 0.284. The zero-order valence-corrected chi connectivity index (χ0v) is 20.8. The molecular formula is C21H27ClN8O3S. The number of anilines is 1. The summed E-state index contributed by atoms with van der Waals surface area (Å²) in [6, 6.07) is 0.284. The van der Waals surface area contributed by atoms with Gasteiger partial charge in [0.25, 0.3) is 0 Å². The van der Waals surface area contributed by atoms with Gasteiger partial charge in [0.15, 0.2) is 11.5 Å². The Hall–Kier alpha value is -2.38. The average molecular weight is 507 g/mol. The fourth-order valence-electron chi connectivity index (χ4n) is 4.22. The summed E-state index contributed by atoms with van der Waals surface area (Å²) in [6.07, 6.45) is 7.01. The molecule has 0 amide bonds. The molecule has 2 fully saturated rings. The van der Waals surface area contributed by atoms with Gasteiger partial charge in [0.1, 0.15) is 10.8 Å². The molecule has 3 aromatic rings. The lowest BCUT2D eigenvalue weighted by Crippen LogP contribution is -2.46. The van der Waals surface area contributed by atoms with Gasteiger partial charge >= 0.3 is 6.01 Å². The first-order chi connectivity index (χ1) is 16.5. The molecule has 182 valence electrons. The lowest BCUT2D eigenvalue weighted by molar-refractivity contribution is 0.122. The van der Waals surface area contributed by atoms with E-state index in [2.05, 4.69) is 19.8 Å². The Labute approximate surface area is 205 Å². The number of imidazole rings is 1. The number of aromatic nitrogens is 5. The van der Waals surface area contributed by atoms with Crippen LogP contribution in [0.15, 0.2) is 18.6 Å². The van der Waals surface area contributed by atoms with Crippen LogP contribution < -0.4 is 9.64 Å². The van der Waals surface area contributed by atoms with Crippen molar-refractivity contribution >= 4 is 34.1 Å². The Balaban J connectivity index is 1.50. The van der Waals surface area contributed by atoms with Crippen LogP contribution in [0.1, 0.15) is 5.69 Å². The number of hydrogen-bond acceptors (Lipinski definition) is 9. The minimum atomic E-state index is -0.931. The number of ether oxygens (including phenoxy) is 2. The van der Waals surface area contributed by atoms with Crippen molar-refractivity contribution in [3.8, 4) is 17.3 Å². The third-order valence-corrected chi connectivity index (χ3v) is 7.51. The van der Waals surface area contributed by atoms with E-state index < -0.39 is 11.0 Å². The van der Waals surface area contributed by atoms with Crippen molar-refractivity contribution < 1.29 is 13.7 Å². The molecule has 1 unspecified atom stereocenters. The van der Waals surface area contributed by atoms with Crippen LogP contribution in [-0.2, 0) is 22.3 Å². The largest absolute Gasteiger partial charge is 0.467 e. The Morgan fingerprint density at radius 3 is 2.44 bits per heavy atom. The number of rotatable bonds is 6. The van der Waals surface area contributed by atoms with Gasteiger partial charge in [0.05, 0.1) is 37.0 Å². The molecule has 2 saturated heterocycles. The van der Waals surface area contributed by atoms with E-state index in [0.717, 1.165) is 50.8 Å². The van der Waals surface area contributed by atoms with Gasteiger partial charge in [-0.15, -0.1) is 0 Å². The monoisotopic (exact) mass is 506 g/mol. The van der Waals surface area contributed by atoms with Crippen molar-refractivity contribution in [2.75, 3.05) is 70.7 Å². The van der Waals surface area contributed by atoms with E-state index in [1.807, 2.05) is 14.9 Å². The molecule has 0 radical (unpaired) electrons. The molecule has 5 heterocycles. The standard InChI is InChI=1S/C21H27ClN8O3S/c1-32-21-23-11-15(12-24-21)17-18(22)30-14-16(13-27-3-5-29(6-4-27)34(2)31)25-20(30)19(26-17)28-7-9-33-10-8-28/h11-12,14H,3-10,13H2,1-2H3. The Morgan fingerprint density at radius 2 is 1.79 bits per heavy atom. The fourth-order valence-corrected chi connectivity index (χ4v) is 5.18. The summed E-state index contributed by atoms with van der Waals surface area (Å²) in [5.74, 6) is 0.760. The van der Waals surface area contributed by atoms with E-state index in [1.165, 1.54) is 7.11 Å². The molecule has 5 rings (SSSR count). The lowest BCUT2D eigenvalue weighted by Gasteiger charge is -2.32. The predicted octanol–water partition coefficient (Wildman–Crippen LogP) is 1.10. The van der Waals surface area contributed by atoms with Crippen LogP contribution in [0.4, 0.5) is 5.82 Å². The summed E-state index contributed by atoms with van der Waals surface area (Å²) in [5, 5.41) is 0.450. The van der Waals surface area contributed by atoms with Crippen molar-refractivity contribution in [2.24, 2.45) is 0 Å². The summed E-state index contributed by atoms with van der Waals surface area (Å²) in [6.45, 7) is 6.63. The van der Waals surface area contributed by atoms with Crippen molar-refractivity contribution in [2.45, 2.75) is 6.54 Å². The number of hydrogen-bond donors (Lipinski definition) is 0.